The van der Waals surface area contributed by atoms with Crippen LogP contribution in [0.1, 0.15) is 11.3 Å². The lowest BCUT2D eigenvalue weighted by atomic mass is 10.0. The van der Waals surface area contributed by atoms with Gasteiger partial charge in [0.2, 0.25) is 0 Å². The number of thioether (sulfide) groups is 1. The summed E-state index contributed by atoms with van der Waals surface area (Å²) in [5.41, 5.74) is 0.829. The maximum atomic E-state index is 12.7. The molecule has 7 heteroatoms. The Kier molecular flexibility index (Phi) is 5.70. The van der Waals surface area contributed by atoms with E-state index in [0.717, 1.165) is 17.3 Å². The fraction of sp³-hybridized carbons (Fsp3) is 0.105. The Labute approximate surface area is 160 Å². The number of thiocarbonyl (C=S) groups is 1. The Balaban J connectivity index is 1.79. The van der Waals surface area contributed by atoms with Crippen molar-refractivity contribution in [2.24, 2.45) is 0 Å². The maximum Gasteiger partial charge on any atom is 0.327 e. The summed E-state index contributed by atoms with van der Waals surface area (Å²) in [6, 6.07) is 11.7. The number of rotatable bonds is 6. The molecule has 1 atom stereocenters. The van der Waals surface area contributed by atoms with Crippen LogP contribution >= 0.6 is 24.0 Å². The van der Waals surface area contributed by atoms with E-state index in [9.17, 15) is 14.7 Å². The highest BCUT2D eigenvalue weighted by Crippen LogP contribution is 2.33. The third kappa shape index (κ3) is 4.12. The molecule has 132 valence electrons. The van der Waals surface area contributed by atoms with Crippen molar-refractivity contribution in [1.29, 1.82) is 0 Å². The van der Waals surface area contributed by atoms with Gasteiger partial charge in [-0.2, -0.15) is 0 Å². The highest BCUT2D eigenvalue weighted by molar-refractivity contribution is 8.26. The van der Waals surface area contributed by atoms with Crippen LogP contribution in [0.2, 0.25) is 0 Å². The molecule has 0 spiro atoms. The van der Waals surface area contributed by atoms with Crippen molar-refractivity contribution in [2.45, 2.75) is 12.5 Å². The van der Waals surface area contributed by atoms with E-state index in [2.05, 4.69) is 0 Å². The van der Waals surface area contributed by atoms with E-state index in [-0.39, 0.29) is 10.7 Å². The van der Waals surface area contributed by atoms with Gasteiger partial charge in [-0.05, 0) is 29.8 Å². The molecule has 1 saturated heterocycles. The Morgan fingerprint density at radius 3 is 2.69 bits per heavy atom. The maximum absolute atomic E-state index is 12.7. The first-order valence-corrected chi connectivity index (χ1v) is 9.02. The normalized spacial score (nSPS) is 17.4. The number of carbonyl (C=O) groups is 2. The molecular weight excluding hydrogens is 370 g/mol. The summed E-state index contributed by atoms with van der Waals surface area (Å²) in [5.74, 6) is -0.825. The van der Waals surface area contributed by atoms with Gasteiger partial charge >= 0.3 is 5.97 Å². The lowest BCUT2D eigenvalue weighted by Gasteiger charge is -2.23. The van der Waals surface area contributed by atoms with Crippen LogP contribution in [0.15, 0.2) is 70.2 Å². The molecular formula is C19H15NO4S2. The number of furan rings is 1. The molecule has 1 amide bonds. The zero-order chi connectivity index (χ0) is 18.5. The fourth-order valence-electron chi connectivity index (χ4n) is 2.51. The Bertz CT molecular complexity index is 872. The number of nitrogens with zero attached hydrogens (tertiary/aromatic N) is 1. The second-order valence-corrected chi connectivity index (χ2v) is 7.17. The molecule has 0 aliphatic carbocycles. The van der Waals surface area contributed by atoms with E-state index in [1.165, 1.54) is 4.90 Å². The van der Waals surface area contributed by atoms with Gasteiger partial charge in [0.1, 0.15) is 16.1 Å². The van der Waals surface area contributed by atoms with E-state index >= 15 is 0 Å². The van der Waals surface area contributed by atoms with E-state index in [1.807, 2.05) is 30.3 Å². The van der Waals surface area contributed by atoms with Crippen LogP contribution in [0, 0.1) is 0 Å². The van der Waals surface area contributed by atoms with Crippen molar-refractivity contribution >= 4 is 46.3 Å². The minimum Gasteiger partial charge on any atom is -0.480 e. The summed E-state index contributed by atoms with van der Waals surface area (Å²) in [7, 11) is 0. The highest BCUT2D eigenvalue weighted by atomic mass is 32.2. The van der Waals surface area contributed by atoms with E-state index < -0.39 is 17.9 Å². The van der Waals surface area contributed by atoms with Crippen molar-refractivity contribution in [2.75, 3.05) is 0 Å². The Hall–Kier alpha value is -2.64. The monoisotopic (exact) mass is 385 g/mol. The molecule has 2 aromatic rings. The van der Waals surface area contributed by atoms with Gasteiger partial charge in [-0.3, -0.25) is 9.69 Å². The molecule has 0 saturated carbocycles. The fourth-order valence-corrected chi connectivity index (χ4v) is 3.81. The molecule has 0 radical (unpaired) electrons. The van der Waals surface area contributed by atoms with Gasteiger partial charge in [-0.1, -0.05) is 60.4 Å². The predicted octanol–water partition coefficient (Wildman–Crippen LogP) is 3.73. The SMILES string of the molecule is O=C(O)[C@H](Cc1ccccc1)N1C(=O)/C(=C\C=C\c2ccco2)SC1=S. The summed E-state index contributed by atoms with van der Waals surface area (Å²) < 4.78 is 5.43. The van der Waals surface area contributed by atoms with Gasteiger partial charge < -0.3 is 9.52 Å². The molecule has 1 aromatic carbocycles. The summed E-state index contributed by atoms with van der Waals surface area (Å²) in [6.07, 6.45) is 6.75. The van der Waals surface area contributed by atoms with Gasteiger partial charge in [0, 0.05) is 6.42 Å². The third-order valence-electron chi connectivity index (χ3n) is 3.74. The Morgan fingerprint density at radius 1 is 1.27 bits per heavy atom. The lowest BCUT2D eigenvalue weighted by molar-refractivity contribution is -0.145. The van der Waals surface area contributed by atoms with Gasteiger partial charge in [0.05, 0.1) is 11.2 Å². The van der Waals surface area contributed by atoms with Crippen molar-refractivity contribution in [3.8, 4) is 0 Å². The molecule has 2 heterocycles. The molecule has 26 heavy (non-hydrogen) atoms. The standard InChI is InChI=1S/C19H15NO4S2/c21-17-16(10-4-8-14-9-5-11-24-14)26-19(25)20(17)15(18(22)23)12-13-6-2-1-3-7-13/h1-11,15H,12H2,(H,22,23)/b8-4+,16-10+/t15-/m0/s1. The van der Waals surface area contributed by atoms with Crippen LogP contribution in [0.25, 0.3) is 6.08 Å². The zero-order valence-electron chi connectivity index (χ0n) is 13.6. The first kappa shape index (κ1) is 18.2. The molecule has 1 aliphatic rings. The quantitative estimate of drug-likeness (QED) is 0.603. The molecule has 1 fully saturated rings. The van der Waals surface area contributed by atoms with Crippen LogP contribution in [0.3, 0.4) is 0 Å². The highest BCUT2D eigenvalue weighted by Gasteiger charge is 2.40. The Morgan fingerprint density at radius 2 is 2.04 bits per heavy atom. The average molecular weight is 385 g/mol. The van der Waals surface area contributed by atoms with Crippen LogP contribution in [0.4, 0.5) is 0 Å². The molecule has 1 aliphatic heterocycles. The summed E-state index contributed by atoms with van der Waals surface area (Å²) in [4.78, 5) is 26.0. The summed E-state index contributed by atoms with van der Waals surface area (Å²) in [5, 5.41) is 9.61. The topological polar surface area (TPSA) is 70.8 Å². The number of carboxylic acids is 1. The average Bonchev–Trinajstić information content (AvgIpc) is 3.23. The minimum atomic E-state index is -1.09. The molecule has 1 aromatic heterocycles. The van der Waals surface area contributed by atoms with Crippen LogP contribution < -0.4 is 0 Å². The number of allylic oxidation sites excluding steroid dienone is 2. The van der Waals surface area contributed by atoms with E-state index in [0.29, 0.717) is 10.7 Å². The van der Waals surface area contributed by atoms with Crippen molar-refractivity contribution in [1.82, 2.24) is 4.90 Å². The smallest absolute Gasteiger partial charge is 0.327 e. The van der Waals surface area contributed by atoms with Gasteiger partial charge in [0.25, 0.3) is 5.91 Å². The van der Waals surface area contributed by atoms with Crippen LogP contribution in [0.5, 0.6) is 0 Å². The molecule has 5 nitrogen and oxygen atoms in total. The third-order valence-corrected chi connectivity index (χ3v) is 5.09. The number of benzene rings is 1. The summed E-state index contributed by atoms with van der Waals surface area (Å²) in [6.45, 7) is 0. The number of amides is 1. The number of hydrogen-bond donors (Lipinski definition) is 1. The number of carbonyl (C=O) groups excluding carboxylic acids is 1. The molecule has 0 bridgehead atoms. The first-order chi connectivity index (χ1) is 12.6. The predicted molar refractivity (Wildman–Crippen MR) is 104 cm³/mol. The van der Waals surface area contributed by atoms with E-state index in [4.69, 9.17) is 16.6 Å². The van der Waals surface area contributed by atoms with Gasteiger partial charge in [0.15, 0.2) is 0 Å². The van der Waals surface area contributed by atoms with E-state index in [1.54, 1.807) is 36.6 Å². The number of aliphatic carboxylic acids is 1. The lowest BCUT2D eigenvalue weighted by Crippen LogP contribution is -2.45. The second kappa shape index (κ2) is 8.16. The van der Waals surface area contributed by atoms with Crippen molar-refractivity contribution in [3.63, 3.8) is 0 Å². The van der Waals surface area contributed by atoms with Crippen LogP contribution in [-0.2, 0) is 16.0 Å². The van der Waals surface area contributed by atoms with Crippen LogP contribution in [-0.4, -0.2) is 32.2 Å². The minimum absolute atomic E-state index is 0.193. The largest absolute Gasteiger partial charge is 0.480 e. The van der Waals surface area contributed by atoms with Crippen molar-refractivity contribution < 1.29 is 19.1 Å². The van der Waals surface area contributed by atoms with Gasteiger partial charge in [-0.15, -0.1) is 0 Å². The molecule has 1 N–H and O–H groups in total. The molecule has 0 unspecified atom stereocenters. The second-order valence-electron chi connectivity index (χ2n) is 5.49. The number of carboxylic acid groups (broad SMARTS) is 1. The van der Waals surface area contributed by atoms with Crippen molar-refractivity contribution in [3.05, 3.63) is 77.1 Å². The molecule has 3 rings (SSSR count). The summed E-state index contributed by atoms with van der Waals surface area (Å²) >= 11 is 6.36. The number of hydrogen-bond acceptors (Lipinski definition) is 5. The zero-order valence-corrected chi connectivity index (χ0v) is 15.2. The first-order valence-electron chi connectivity index (χ1n) is 7.80. The van der Waals surface area contributed by atoms with Gasteiger partial charge in [-0.25, -0.2) is 4.79 Å².